The largest absolute Gasteiger partial charge is 0.481 e. The van der Waals surface area contributed by atoms with Gasteiger partial charge >= 0.3 is 12.0 Å². The lowest BCUT2D eigenvalue weighted by Gasteiger charge is -2.20. The van der Waals surface area contributed by atoms with Crippen LogP contribution in [0, 0.1) is 0 Å². The van der Waals surface area contributed by atoms with Gasteiger partial charge < -0.3 is 25.5 Å². The van der Waals surface area contributed by atoms with Crippen LogP contribution < -0.4 is 5.32 Å². The van der Waals surface area contributed by atoms with Gasteiger partial charge in [-0.15, -0.1) is 0 Å². The molecule has 0 atom stereocenters. The summed E-state index contributed by atoms with van der Waals surface area (Å²) in [5.41, 5.74) is 0. The molecule has 0 rings (SSSR count). The van der Waals surface area contributed by atoms with E-state index in [9.17, 15) is 9.59 Å². The van der Waals surface area contributed by atoms with Crippen molar-refractivity contribution in [2.45, 2.75) is 19.3 Å². The van der Waals surface area contributed by atoms with E-state index in [4.69, 9.17) is 15.3 Å². The Labute approximate surface area is 100 Å². The standard InChI is InChI=1S/C10H20N2O5/c13-7-5-12(6-8-14)10(17)11-4-2-1-3-9(15)16/h13-14H,1-8H2,(H,11,17)(H,15,16). The number of nitrogens with zero attached hydrogens (tertiary/aromatic N) is 1. The van der Waals surface area contributed by atoms with E-state index in [-0.39, 0.29) is 38.8 Å². The van der Waals surface area contributed by atoms with E-state index < -0.39 is 5.97 Å². The quantitative estimate of drug-likeness (QED) is 0.401. The molecule has 0 heterocycles. The van der Waals surface area contributed by atoms with Crippen LogP contribution in [0.3, 0.4) is 0 Å². The van der Waals surface area contributed by atoms with E-state index in [1.165, 1.54) is 4.90 Å². The van der Waals surface area contributed by atoms with Gasteiger partial charge in [0.25, 0.3) is 0 Å². The van der Waals surface area contributed by atoms with Crippen LogP contribution in [-0.2, 0) is 4.79 Å². The Morgan fingerprint density at radius 1 is 1.06 bits per heavy atom. The average Bonchev–Trinajstić information content (AvgIpc) is 2.27. The average molecular weight is 248 g/mol. The van der Waals surface area contributed by atoms with Crippen LogP contribution in [0.15, 0.2) is 0 Å². The molecule has 0 unspecified atom stereocenters. The second-order valence-electron chi connectivity index (χ2n) is 3.52. The van der Waals surface area contributed by atoms with Crippen LogP contribution in [0.1, 0.15) is 19.3 Å². The molecule has 17 heavy (non-hydrogen) atoms. The molecule has 100 valence electrons. The lowest BCUT2D eigenvalue weighted by Crippen LogP contribution is -2.43. The third-order valence-corrected chi connectivity index (χ3v) is 2.12. The number of carboxylic acid groups (broad SMARTS) is 1. The van der Waals surface area contributed by atoms with Gasteiger partial charge in [0.1, 0.15) is 0 Å². The number of hydrogen-bond donors (Lipinski definition) is 4. The van der Waals surface area contributed by atoms with Gasteiger partial charge in [-0.1, -0.05) is 0 Å². The first-order valence-corrected chi connectivity index (χ1v) is 5.58. The summed E-state index contributed by atoms with van der Waals surface area (Å²) in [7, 11) is 0. The number of carbonyl (C=O) groups excluding carboxylic acids is 1. The maximum absolute atomic E-state index is 11.5. The van der Waals surface area contributed by atoms with Gasteiger partial charge in [-0.05, 0) is 12.8 Å². The van der Waals surface area contributed by atoms with E-state index in [1.54, 1.807) is 0 Å². The lowest BCUT2D eigenvalue weighted by atomic mass is 10.2. The number of aliphatic carboxylic acids is 1. The van der Waals surface area contributed by atoms with Crippen LogP contribution in [-0.4, -0.2) is 65.1 Å². The van der Waals surface area contributed by atoms with Gasteiger partial charge in [0.15, 0.2) is 0 Å². The fourth-order valence-electron chi connectivity index (χ4n) is 1.26. The number of urea groups is 1. The van der Waals surface area contributed by atoms with Crippen molar-refractivity contribution >= 4 is 12.0 Å². The van der Waals surface area contributed by atoms with Crippen LogP contribution in [0.4, 0.5) is 4.79 Å². The minimum absolute atomic E-state index is 0.0901. The van der Waals surface area contributed by atoms with E-state index in [1.807, 2.05) is 0 Å². The highest BCUT2D eigenvalue weighted by atomic mass is 16.4. The molecule has 7 heteroatoms. The molecule has 0 aromatic rings. The predicted octanol–water partition coefficient (Wildman–Crippen LogP) is -0.762. The molecule has 0 fully saturated rings. The highest BCUT2D eigenvalue weighted by Crippen LogP contribution is 1.94. The molecule has 0 saturated carbocycles. The number of carboxylic acids is 1. The summed E-state index contributed by atoms with van der Waals surface area (Å²) in [6.45, 7) is 0.404. The molecule has 7 nitrogen and oxygen atoms in total. The summed E-state index contributed by atoms with van der Waals surface area (Å²) >= 11 is 0. The number of hydrogen-bond acceptors (Lipinski definition) is 4. The first-order chi connectivity index (χ1) is 8.11. The highest BCUT2D eigenvalue weighted by molar-refractivity contribution is 5.74. The summed E-state index contributed by atoms with van der Waals surface area (Å²) < 4.78 is 0. The second-order valence-corrected chi connectivity index (χ2v) is 3.52. The molecular weight excluding hydrogens is 228 g/mol. The van der Waals surface area contributed by atoms with Crippen LogP contribution in [0.2, 0.25) is 0 Å². The predicted molar refractivity (Wildman–Crippen MR) is 60.6 cm³/mol. The monoisotopic (exact) mass is 248 g/mol. The first-order valence-electron chi connectivity index (χ1n) is 5.58. The third kappa shape index (κ3) is 8.47. The van der Waals surface area contributed by atoms with Crippen molar-refractivity contribution in [1.82, 2.24) is 10.2 Å². The Balaban J connectivity index is 3.70. The van der Waals surface area contributed by atoms with E-state index in [2.05, 4.69) is 5.32 Å². The van der Waals surface area contributed by atoms with Gasteiger partial charge in [0.05, 0.1) is 13.2 Å². The van der Waals surface area contributed by atoms with Crippen LogP contribution in [0.5, 0.6) is 0 Å². The molecule has 0 aliphatic heterocycles. The minimum Gasteiger partial charge on any atom is -0.481 e. The van der Waals surface area contributed by atoms with E-state index >= 15 is 0 Å². The maximum atomic E-state index is 11.5. The number of carbonyl (C=O) groups is 2. The Bertz CT molecular complexity index is 229. The number of unbranched alkanes of at least 4 members (excludes halogenated alkanes) is 1. The zero-order valence-electron chi connectivity index (χ0n) is 9.76. The van der Waals surface area contributed by atoms with Crippen molar-refractivity contribution < 1.29 is 24.9 Å². The van der Waals surface area contributed by atoms with Crippen LogP contribution in [0.25, 0.3) is 0 Å². The smallest absolute Gasteiger partial charge is 0.317 e. The number of amides is 2. The normalized spacial score (nSPS) is 10.0. The fraction of sp³-hybridized carbons (Fsp3) is 0.800. The number of aliphatic hydroxyl groups excluding tert-OH is 2. The molecule has 0 saturated heterocycles. The topological polar surface area (TPSA) is 110 Å². The Hall–Kier alpha value is -1.34. The van der Waals surface area contributed by atoms with Crippen molar-refractivity contribution in [2.75, 3.05) is 32.8 Å². The summed E-state index contributed by atoms with van der Waals surface area (Å²) in [5, 5.41) is 28.4. The summed E-state index contributed by atoms with van der Waals surface area (Å²) in [5.74, 6) is -0.849. The van der Waals surface area contributed by atoms with Crippen molar-refractivity contribution in [2.24, 2.45) is 0 Å². The molecule has 0 aromatic heterocycles. The van der Waals surface area contributed by atoms with Gasteiger partial charge in [-0.3, -0.25) is 4.79 Å². The SMILES string of the molecule is O=C(O)CCCCNC(=O)N(CCO)CCO. The van der Waals surface area contributed by atoms with Crippen molar-refractivity contribution in [3.8, 4) is 0 Å². The second kappa shape index (κ2) is 9.86. The Morgan fingerprint density at radius 2 is 1.65 bits per heavy atom. The van der Waals surface area contributed by atoms with Gasteiger partial charge in [-0.25, -0.2) is 4.79 Å². The summed E-state index contributed by atoms with van der Waals surface area (Å²) in [6, 6.07) is -0.358. The Kier molecular flexibility index (Phi) is 9.08. The molecule has 0 radical (unpaired) electrons. The molecule has 0 aromatic carbocycles. The van der Waals surface area contributed by atoms with Crippen molar-refractivity contribution in [3.05, 3.63) is 0 Å². The molecule has 4 N–H and O–H groups in total. The molecule has 0 spiro atoms. The molecule has 0 aliphatic rings. The van der Waals surface area contributed by atoms with Crippen molar-refractivity contribution in [3.63, 3.8) is 0 Å². The van der Waals surface area contributed by atoms with Gasteiger partial charge in [-0.2, -0.15) is 0 Å². The number of aliphatic hydroxyl groups is 2. The van der Waals surface area contributed by atoms with Gasteiger partial charge in [0.2, 0.25) is 0 Å². The Morgan fingerprint density at radius 3 is 2.12 bits per heavy atom. The zero-order valence-corrected chi connectivity index (χ0v) is 9.76. The number of nitrogens with one attached hydrogen (secondary N) is 1. The minimum atomic E-state index is -0.849. The molecule has 0 aliphatic carbocycles. The molecular formula is C10H20N2O5. The molecule has 2 amide bonds. The molecule has 0 bridgehead atoms. The third-order valence-electron chi connectivity index (χ3n) is 2.12. The fourth-order valence-corrected chi connectivity index (χ4v) is 1.26. The first kappa shape index (κ1) is 15.7. The summed E-state index contributed by atoms with van der Waals surface area (Å²) in [4.78, 5) is 23.0. The zero-order chi connectivity index (χ0) is 13.1. The summed E-state index contributed by atoms with van der Waals surface area (Å²) in [6.07, 6.45) is 1.19. The lowest BCUT2D eigenvalue weighted by molar-refractivity contribution is -0.137. The van der Waals surface area contributed by atoms with E-state index in [0.717, 1.165) is 0 Å². The van der Waals surface area contributed by atoms with Crippen molar-refractivity contribution in [1.29, 1.82) is 0 Å². The van der Waals surface area contributed by atoms with Gasteiger partial charge in [0, 0.05) is 26.1 Å². The number of rotatable bonds is 9. The highest BCUT2D eigenvalue weighted by Gasteiger charge is 2.10. The van der Waals surface area contributed by atoms with Crippen LogP contribution >= 0.6 is 0 Å². The maximum Gasteiger partial charge on any atom is 0.317 e. The van der Waals surface area contributed by atoms with E-state index in [0.29, 0.717) is 19.4 Å².